The molecule has 2 heteroatoms. The van der Waals surface area contributed by atoms with Crippen LogP contribution in [0, 0.1) is 26.7 Å². The lowest BCUT2D eigenvalue weighted by molar-refractivity contribution is -0.686. The molecule has 2 nitrogen and oxygen atoms in total. The zero-order valence-electron chi connectivity index (χ0n) is 14.1. The van der Waals surface area contributed by atoms with E-state index < -0.39 is 0 Å². The Balaban J connectivity index is 1.95. The Morgan fingerprint density at radius 3 is 2.29 bits per heavy atom. The summed E-state index contributed by atoms with van der Waals surface area (Å²) < 4.78 is 2.46. The lowest BCUT2D eigenvalue weighted by Crippen LogP contribution is -2.80. The maximum Gasteiger partial charge on any atom is 0.103 e. The number of benzene rings is 1. The fraction of sp³-hybridized carbons (Fsp3) is 0.474. The molecule has 0 spiro atoms. The monoisotopic (exact) mass is 285 g/mol. The first-order chi connectivity index (χ1) is 9.97. The van der Waals surface area contributed by atoms with Crippen LogP contribution in [0.4, 0.5) is 0 Å². The molecule has 2 aromatic rings. The van der Waals surface area contributed by atoms with Gasteiger partial charge in [-0.05, 0) is 32.8 Å². The number of rotatable bonds is 6. The average Bonchev–Trinajstić information content (AvgIpc) is 2.68. The van der Waals surface area contributed by atoms with Crippen molar-refractivity contribution in [3.63, 3.8) is 0 Å². The van der Waals surface area contributed by atoms with Crippen molar-refractivity contribution >= 4 is 0 Å². The molecule has 0 atom stereocenters. The quantitative estimate of drug-likeness (QED) is 0.841. The Morgan fingerprint density at radius 2 is 1.67 bits per heavy atom. The van der Waals surface area contributed by atoms with Crippen LogP contribution in [0.25, 0.3) is 0 Å². The molecule has 0 aliphatic carbocycles. The lowest BCUT2D eigenvalue weighted by Gasteiger charge is -2.12. The normalized spacial score (nSPS) is 11.3. The minimum absolute atomic E-state index is 0.694. The number of hydrogen-bond donors (Lipinski definition) is 1. The standard InChI is InChI=1S/C19H28N2/c1-14(2)13-21-16(4)10-19(17(21)5)12-20-11-18-8-6-15(3)7-9-18/h6-10,14,20H,11-13H2,1-5H3/p+1. The summed E-state index contributed by atoms with van der Waals surface area (Å²) in [6.07, 6.45) is 0. The second kappa shape index (κ2) is 6.95. The third kappa shape index (κ3) is 4.21. The van der Waals surface area contributed by atoms with Gasteiger partial charge in [-0.3, -0.25) is 0 Å². The Bertz CT molecular complexity index is 576. The molecule has 1 aromatic carbocycles. The van der Waals surface area contributed by atoms with Gasteiger partial charge in [-0.2, -0.15) is 0 Å². The second-order valence-electron chi connectivity index (χ2n) is 6.58. The van der Waals surface area contributed by atoms with E-state index in [1.807, 2.05) is 0 Å². The van der Waals surface area contributed by atoms with E-state index in [-0.39, 0.29) is 0 Å². The van der Waals surface area contributed by atoms with Gasteiger partial charge in [-0.15, -0.1) is 0 Å². The largest absolute Gasteiger partial charge is 0.348 e. The van der Waals surface area contributed by atoms with Crippen LogP contribution >= 0.6 is 0 Å². The van der Waals surface area contributed by atoms with Gasteiger partial charge in [-0.25, -0.2) is 0 Å². The zero-order chi connectivity index (χ0) is 15.4. The topological polar surface area (TPSA) is 21.5 Å². The summed E-state index contributed by atoms with van der Waals surface area (Å²) in [6, 6.07) is 11.2. The summed E-state index contributed by atoms with van der Waals surface area (Å²) >= 11 is 0. The first kappa shape index (κ1) is 15.8. The maximum atomic E-state index is 2.46. The lowest BCUT2D eigenvalue weighted by atomic mass is 10.1. The fourth-order valence-electron chi connectivity index (χ4n) is 2.84. The molecule has 0 unspecified atom stereocenters. The van der Waals surface area contributed by atoms with Crippen LogP contribution in [-0.2, 0) is 19.6 Å². The SMILES string of the molecule is Cc1ccc(C[NH2+]Cc2cc(C)n(CC(C)C)c2C)cc1. The summed E-state index contributed by atoms with van der Waals surface area (Å²) in [6.45, 7) is 14.4. The predicted octanol–water partition coefficient (Wildman–Crippen LogP) is 3.33. The van der Waals surface area contributed by atoms with Gasteiger partial charge in [0.1, 0.15) is 13.1 Å². The van der Waals surface area contributed by atoms with Gasteiger partial charge in [0.2, 0.25) is 0 Å². The van der Waals surface area contributed by atoms with Gasteiger partial charge < -0.3 is 9.88 Å². The highest BCUT2D eigenvalue weighted by atomic mass is 15.0. The predicted molar refractivity (Wildman–Crippen MR) is 89.3 cm³/mol. The average molecular weight is 285 g/mol. The molecule has 0 saturated carbocycles. The van der Waals surface area contributed by atoms with Crippen LogP contribution in [0.2, 0.25) is 0 Å². The van der Waals surface area contributed by atoms with Crippen LogP contribution in [0.5, 0.6) is 0 Å². The Kier molecular flexibility index (Phi) is 5.24. The van der Waals surface area contributed by atoms with E-state index in [1.165, 1.54) is 28.1 Å². The minimum Gasteiger partial charge on any atom is -0.348 e. The number of nitrogens with zero attached hydrogens (tertiary/aromatic N) is 1. The Morgan fingerprint density at radius 1 is 1.00 bits per heavy atom. The molecule has 0 aliphatic heterocycles. The molecule has 0 amide bonds. The van der Waals surface area contributed by atoms with Crippen molar-refractivity contribution in [3.8, 4) is 0 Å². The van der Waals surface area contributed by atoms with Gasteiger partial charge in [0.25, 0.3) is 0 Å². The van der Waals surface area contributed by atoms with Crippen molar-refractivity contribution in [1.29, 1.82) is 0 Å². The van der Waals surface area contributed by atoms with E-state index >= 15 is 0 Å². The highest BCUT2D eigenvalue weighted by Gasteiger charge is 2.11. The highest BCUT2D eigenvalue weighted by molar-refractivity contribution is 5.26. The van der Waals surface area contributed by atoms with Gasteiger partial charge in [0, 0.05) is 29.1 Å². The maximum absolute atomic E-state index is 2.46. The Hall–Kier alpha value is -1.54. The van der Waals surface area contributed by atoms with Crippen molar-refractivity contribution in [2.75, 3.05) is 0 Å². The van der Waals surface area contributed by atoms with Crippen LogP contribution in [-0.4, -0.2) is 4.57 Å². The van der Waals surface area contributed by atoms with E-state index in [0.717, 1.165) is 19.6 Å². The van der Waals surface area contributed by atoms with E-state index in [9.17, 15) is 0 Å². The third-order valence-corrected chi connectivity index (χ3v) is 4.09. The summed E-state index contributed by atoms with van der Waals surface area (Å²) in [5, 5.41) is 2.39. The van der Waals surface area contributed by atoms with Gasteiger partial charge >= 0.3 is 0 Å². The first-order valence-electron chi connectivity index (χ1n) is 8.00. The number of quaternary nitrogens is 1. The molecule has 21 heavy (non-hydrogen) atoms. The summed E-state index contributed by atoms with van der Waals surface area (Å²) in [5.41, 5.74) is 7.02. The van der Waals surface area contributed by atoms with E-state index in [2.05, 4.69) is 74.8 Å². The molecule has 1 aromatic heterocycles. The van der Waals surface area contributed by atoms with E-state index in [0.29, 0.717) is 5.92 Å². The smallest absolute Gasteiger partial charge is 0.103 e. The third-order valence-electron chi connectivity index (χ3n) is 4.09. The molecule has 114 valence electrons. The molecule has 0 aliphatic rings. The molecule has 2 rings (SSSR count). The van der Waals surface area contributed by atoms with Crippen molar-refractivity contribution < 1.29 is 5.32 Å². The molecule has 0 bridgehead atoms. The molecular formula is C19H29N2+. The van der Waals surface area contributed by atoms with Crippen LogP contribution in [0.1, 0.15) is 41.9 Å². The van der Waals surface area contributed by atoms with E-state index in [4.69, 9.17) is 0 Å². The van der Waals surface area contributed by atoms with Crippen LogP contribution < -0.4 is 5.32 Å². The van der Waals surface area contributed by atoms with Crippen molar-refractivity contribution in [2.24, 2.45) is 5.92 Å². The second-order valence-corrected chi connectivity index (χ2v) is 6.58. The molecule has 0 radical (unpaired) electrons. The van der Waals surface area contributed by atoms with Crippen molar-refractivity contribution in [3.05, 3.63) is 58.4 Å². The van der Waals surface area contributed by atoms with Crippen molar-refractivity contribution in [2.45, 2.75) is 54.3 Å². The molecule has 1 heterocycles. The van der Waals surface area contributed by atoms with Crippen LogP contribution in [0.3, 0.4) is 0 Å². The summed E-state index contributed by atoms with van der Waals surface area (Å²) in [4.78, 5) is 0. The molecular weight excluding hydrogens is 256 g/mol. The Labute approximate surface area is 129 Å². The fourth-order valence-corrected chi connectivity index (χ4v) is 2.84. The summed E-state index contributed by atoms with van der Waals surface area (Å²) in [5.74, 6) is 0.694. The molecule has 0 saturated heterocycles. The minimum atomic E-state index is 0.694. The summed E-state index contributed by atoms with van der Waals surface area (Å²) in [7, 11) is 0. The zero-order valence-corrected chi connectivity index (χ0v) is 14.1. The molecule has 0 fully saturated rings. The van der Waals surface area contributed by atoms with Gasteiger partial charge in [0.05, 0.1) is 0 Å². The van der Waals surface area contributed by atoms with Crippen LogP contribution in [0.15, 0.2) is 30.3 Å². The van der Waals surface area contributed by atoms with Crippen molar-refractivity contribution in [1.82, 2.24) is 4.57 Å². The number of aryl methyl sites for hydroxylation is 2. The van der Waals surface area contributed by atoms with Gasteiger partial charge in [-0.1, -0.05) is 43.7 Å². The molecule has 2 N–H and O–H groups in total. The number of hydrogen-bond acceptors (Lipinski definition) is 0. The highest BCUT2D eigenvalue weighted by Crippen LogP contribution is 2.16. The van der Waals surface area contributed by atoms with E-state index in [1.54, 1.807) is 0 Å². The number of nitrogens with two attached hydrogens (primary N) is 1. The van der Waals surface area contributed by atoms with Gasteiger partial charge in [0.15, 0.2) is 0 Å². The first-order valence-corrected chi connectivity index (χ1v) is 8.00. The number of aromatic nitrogens is 1.